The van der Waals surface area contributed by atoms with E-state index in [4.69, 9.17) is 0 Å². The van der Waals surface area contributed by atoms with E-state index in [2.05, 4.69) is 232 Å². The predicted octanol–water partition coefficient (Wildman–Crippen LogP) is 14.3. The Bertz CT molecular complexity index is 2910. The average molecular weight is 772 g/mol. The van der Waals surface area contributed by atoms with Crippen LogP contribution in [0.1, 0.15) is 11.1 Å². The number of para-hydroxylation sites is 2. The number of anilines is 6. The van der Waals surface area contributed by atoms with Crippen molar-refractivity contribution in [2.45, 2.75) is 6.42 Å². The summed E-state index contributed by atoms with van der Waals surface area (Å²) < 4.78 is 0. The number of rotatable bonds is 11. The monoisotopic (exact) mass is 771 g/mol. The second-order valence-corrected chi connectivity index (χ2v) is 14.8. The van der Waals surface area contributed by atoms with Gasteiger partial charge in [0.1, 0.15) is 11.0 Å². The number of hydrogen-bond acceptors (Lipinski definition) is 4. The average Bonchev–Trinajstić information content (AvgIpc) is 3.77. The van der Waals surface area contributed by atoms with Gasteiger partial charge < -0.3 is 9.80 Å². The Labute approximate surface area is 350 Å². The Morgan fingerprint density at radius 1 is 0.283 bits per heavy atom. The van der Waals surface area contributed by atoms with Crippen LogP contribution in [-0.4, -0.2) is 15.0 Å². The lowest BCUT2D eigenvalue weighted by Crippen LogP contribution is -2.10. The van der Waals surface area contributed by atoms with Crippen molar-refractivity contribution >= 4 is 45.2 Å². The normalized spacial score (nSPS) is 11.1. The van der Waals surface area contributed by atoms with Crippen molar-refractivity contribution in [2.75, 3.05) is 9.80 Å². The summed E-state index contributed by atoms with van der Waals surface area (Å²) in [5, 5.41) is 9.34. The molecule has 0 spiro atoms. The molecule has 286 valence electrons. The van der Waals surface area contributed by atoms with E-state index in [-0.39, 0.29) is 0 Å². The predicted molar refractivity (Wildman–Crippen MR) is 248 cm³/mol. The first-order valence-corrected chi connectivity index (χ1v) is 20.3. The molecule has 10 aromatic rings. The minimum atomic E-state index is 0.828. The Morgan fingerprint density at radius 3 is 1.00 bits per heavy atom. The number of nitrogens with zero attached hydrogens (tertiary/aromatic N) is 5. The number of hydrogen-bond donors (Lipinski definition) is 0. The molecule has 0 unspecified atom stereocenters. The van der Waals surface area contributed by atoms with E-state index >= 15 is 0 Å². The molecule has 1 aromatic heterocycles. The zero-order chi connectivity index (χ0) is 40.1. The highest BCUT2D eigenvalue weighted by molar-refractivity contribution is 5.80. The first-order chi connectivity index (χ1) is 29.7. The smallest absolute Gasteiger partial charge is 0.113 e. The van der Waals surface area contributed by atoms with Gasteiger partial charge in [0.05, 0.1) is 5.69 Å². The van der Waals surface area contributed by atoms with Gasteiger partial charge in [0.25, 0.3) is 0 Å². The molecule has 10 rings (SSSR count). The third-order valence-corrected chi connectivity index (χ3v) is 10.9. The molecule has 0 fully saturated rings. The molecular weight excluding hydrogens is 731 g/mol. The van der Waals surface area contributed by atoms with Gasteiger partial charge in [-0.1, -0.05) is 140 Å². The maximum atomic E-state index is 4.67. The Balaban J connectivity index is 0.868. The van der Waals surface area contributed by atoms with Gasteiger partial charge in [0.15, 0.2) is 0 Å². The van der Waals surface area contributed by atoms with Gasteiger partial charge in [-0.15, -0.1) is 10.2 Å². The standard InChI is InChI=1S/C55H41N5/c1-4-12-43(13-5-1)44-24-26-45(27-25-44)46-28-34-51(35-29-46)58(47-14-6-2-7-15-47)49-30-20-41(21-31-49)40-42-22-32-50(33-23-42)59(48-16-8-3-9-17-48)52-36-38-53(39-37-52)60-56-54-18-10-11-19-55(54)57-60/h1-39H,40H2. The van der Waals surface area contributed by atoms with Crippen molar-refractivity contribution in [2.24, 2.45) is 0 Å². The quantitative estimate of drug-likeness (QED) is 0.131. The summed E-state index contributed by atoms with van der Waals surface area (Å²) in [5.74, 6) is 0. The molecule has 5 nitrogen and oxygen atoms in total. The van der Waals surface area contributed by atoms with E-state index < -0.39 is 0 Å². The molecule has 0 bridgehead atoms. The lowest BCUT2D eigenvalue weighted by Gasteiger charge is -2.26. The van der Waals surface area contributed by atoms with E-state index in [0.717, 1.165) is 57.3 Å². The van der Waals surface area contributed by atoms with Gasteiger partial charge in [-0.25, -0.2) is 0 Å². The summed E-state index contributed by atoms with van der Waals surface area (Å²) in [6.07, 6.45) is 0.828. The van der Waals surface area contributed by atoms with Crippen LogP contribution < -0.4 is 9.80 Å². The first-order valence-electron chi connectivity index (χ1n) is 20.3. The molecule has 9 aromatic carbocycles. The molecular formula is C55H41N5. The molecule has 0 saturated carbocycles. The van der Waals surface area contributed by atoms with Crippen LogP contribution in [0.25, 0.3) is 39.0 Å². The summed E-state index contributed by atoms with van der Waals surface area (Å²) in [6, 6.07) is 83.5. The van der Waals surface area contributed by atoms with Crippen LogP contribution in [0.15, 0.2) is 237 Å². The van der Waals surface area contributed by atoms with Gasteiger partial charge in [0.2, 0.25) is 0 Å². The van der Waals surface area contributed by atoms with E-state index in [9.17, 15) is 0 Å². The van der Waals surface area contributed by atoms with Crippen LogP contribution in [0.2, 0.25) is 0 Å². The minimum Gasteiger partial charge on any atom is -0.311 e. The topological polar surface area (TPSA) is 37.2 Å². The second kappa shape index (κ2) is 16.5. The molecule has 0 amide bonds. The molecule has 0 atom stereocenters. The summed E-state index contributed by atoms with van der Waals surface area (Å²) in [5.41, 5.74) is 16.6. The van der Waals surface area contributed by atoms with Gasteiger partial charge >= 0.3 is 0 Å². The van der Waals surface area contributed by atoms with Crippen molar-refractivity contribution in [1.82, 2.24) is 15.0 Å². The maximum Gasteiger partial charge on any atom is 0.113 e. The molecule has 0 aliphatic carbocycles. The van der Waals surface area contributed by atoms with Crippen molar-refractivity contribution < 1.29 is 0 Å². The lowest BCUT2D eigenvalue weighted by atomic mass is 10.00. The van der Waals surface area contributed by atoms with Crippen LogP contribution in [0.3, 0.4) is 0 Å². The van der Waals surface area contributed by atoms with Crippen molar-refractivity contribution in [3.05, 3.63) is 248 Å². The summed E-state index contributed by atoms with van der Waals surface area (Å²) in [6.45, 7) is 0. The van der Waals surface area contributed by atoms with E-state index in [1.807, 2.05) is 24.3 Å². The summed E-state index contributed by atoms with van der Waals surface area (Å²) in [7, 11) is 0. The number of fused-ring (bicyclic) bond motifs is 1. The summed E-state index contributed by atoms with van der Waals surface area (Å²) in [4.78, 5) is 6.30. The third-order valence-electron chi connectivity index (χ3n) is 10.9. The maximum absolute atomic E-state index is 4.67. The first kappa shape index (κ1) is 36.3. The van der Waals surface area contributed by atoms with Gasteiger partial charge in [-0.2, -0.15) is 4.80 Å². The highest BCUT2D eigenvalue weighted by Gasteiger charge is 2.15. The van der Waals surface area contributed by atoms with Crippen LogP contribution >= 0.6 is 0 Å². The van der Waals surface area contributed by atoms with Crippen LogP contribution in [0.5, 0.6) is 0 Å². The van der Waals surface area contributed by atoms with Crippen molar-refractivity contribution in [3.63, 3.8) is 0 Å². The van der Waals surface area contributed by atoms with E-state index in [1.54, 1.807) is 4.80 Å². The fourth-order valence-electron chi connectivity index (χ4n) is 7.81. The van der Waals surface area contributed by atoms with Crippen LogP contribution in [0, 0.1) is 0 Å². The van der Waals surface area contributed by atoms with Gasteiger partial charge in [-0.05, 0) is 137 Å². The molecule has 0 aliphatic rings. The molecule has 0 saturated heterocycles. The van der Waals surface area contributed by atoms with E-state index in [1.165, 1.54) is 33.4 Å². The highest BCUT2D eigenvalue weighted by Crippen LogP contribution is 2.37. The molecule has 60 heavy (non-hydrogen) atoms. The second-order valence-electron chi connectivity index (χ2n) is 14.8. The zero-order valence-electron chi connectivity index (χ0n) is 33.0. The molecule has 1 heterocycles. The fourth-order valence-corrected chi connectivity index (χ4v) is 7.81. The van der Waals surface area contributed by atoms with Gasteiger partial charge in [-0.3, -0.25) is 0 Å². The molecule has 0 radical (unpaired) electrons. The molecule has 0 aliphatic heterocycles. The van der Waals surface area contributed by atoms with Crippen LogP contribution in [-0.2, 0) is 6.42 Å². The van der Waals surface area contributed by atoms with Crippen molar-refractivity contribution in [1.29, 1.82) is 0 Å². The molecule has 5 heteroatoms. The highest BCUT2D eigenvalue weighted by atomic mass is 15.5. The zero-order valence-corrected chi connectivity index (χ0v) is 33.0. The molecule has 0 N–H and O–H groups in total. The minimum absolute atomic E-state index is 0.828. The Kier molecular flexibility index (Phi) is 9.96. The summed E-state index contributed by atoms with van der Waals surface area (Å²) >= 11 is 0. The number of benzene rings is 9. The van der Waals surface area contributed by atoms with Gasteiger partial charge in [0, 0.05) is 34.1 Å². The van der Waals surface area contributed by atoms with E-state index in [0.29, 0.717) is 0 Å². The Morgan fingerprint density at radius 2 is 0.583 bits per heavy atom. The number of aromatic nitrogens is 3. The Hall–Kier alpha value is -8.02. The largest absolute Gasteiger partial charge is 0.311 e. The van der Waals surface area contributed by atoms with Crippen LogP contribution in [0.4, 0.5) is 34.1 Å². The SMILES string of the molecule is c1ccc(-c2ccc(-c3ccc(N(c4ccccc4)c4ccc(Cc5ccc(N(c6ccccc6)c6ccc(-n7nc8ccccc8n7)cc6)cc5)cc4)cc3)cc2)cc1. The third kappa shape index (κ3) is 7.68. The van der Waals surface area contributed by atoms with Crippen molar-refractivity contribution in [3.8, 4) is 27.9 Å². The fraction of sp³-hybridized carbons (Fsp3) is 0.0182. The lowest BCUT2D eigenvalue weighted by molar-refractivity contribution is 0.766.